The van der Waals surface area contributed by atoms with Crippen LogP contribution in [0.1, 0.15) is 21.5 Å². The second kappa shape index (κ2) is 10.4. The molecule has 3 aromatic rings. The Bertz CT molecular complexity index is 1290. The largest absolute Gasteiger partial charge is 0.504 e. The first-order valence-corrected chi connectivity index (χ1v) is 9.66. The molecule has 0 atom stereocenters. The monoisotopic (exact) mass is 462 g/mol. The summed E-state index contributed by atoms with van der Waals surface area (Å²) < 4.78 is 0. The van der Waals surface area contributed by atoms with Gasteiger partial charge in [0.15, 0.2) is 11.5 Å². The van der Waals surface area contributed by atoms with Gasteiger partial charge in [-0.05, 0) is 48.0 Å². The molecule has 0 unspecified atom stereocenters. The predicted molar refractivity (Wildman–Crippen MR) is 122 cm³/mol. The van der Waals surface area contributed by atoms with Gasteiger partial charge < -0.3 is 20.6 Å². The van der Waals surface area contributed by atoms with Crippen LogP contribution in [0.3, 0.4) is 0 Å². The molecule has 0 aromatic heterocycles. The molecule has 0 heterocycles. The SMILES string of the molecule is O=C(N/N=C/c1ccc(O)c(O)c1O)C(=Cc1ccc([N+](=O)[O-])cc1)NC(=O)c1ccccc1. The molecule has 11 nitrogen and oxygen atoms in total. The number of nitrogens with zero attached hydrogens (tertiary/aromatic N) is 2. The van der Waals surface area contributed by atoms with Crippen molar-refractivity contribution in [1.82, 2.24) is 10.7 Å². The normalized spacial score (nSPS) is 11.2. The van der Waals surface area contributed by atoms with Gasteiger partial charge in [0.2, 0.25) is 5.75 Å². The van der Waals surface area contributed by atoms with Crippen molar-refractivity contribution in [3.05, 3.63) is 99.2 Å². The van der Waals surface area contributed by atoms with Crippen molar-refractivity contribution in [1.29, 1.82) is 0 Å². The molecule has 0 aliphatic carbocycles. The Hall–Kier alpha value is -5.19. The molecule has 11 heteroatoms. The minimum atomic E-state index is -0.832. The number of aromatic hydroxyl groups is 3. The van der Waals surface area contributed by atoms with E-state index in [9.17, 15) is 35.0 Å². The Morgan fingerprint density at radius 3 is 2.24 bits per heavy atom. The summed E-state index contributed by atoms with van der Waals surface area (Å²) in [5.41, 5.74) is 2.52. The molecule has 34 heavy (non-hydrogen) atoms. The molecule has 2 amide bonds. The number of rotatable bonds is 7. The Morgan fingerprint density at radius 1 is 0.912 bits per heavy atom. The topological polar surface area (TPSA) is 174 Å². The molecule has 0 radical (unpaired) electrons. The molecule has 172 valence electrons. The van der Waals surface area contributed by atoms with Gasteiger partial charge in [0.05, 0.1) is 11.1 Å². The van der Waals surface area contributed by atoms with Crippen molar-refractivity contribution in [3.63, 3.8) is 0 Å². The third-order valence-corrected chi connectivity index (χ3v) is 4.47. The minimum Gasteiger partial charge on any atom is -0.504 e. The van der Waals surface area contributed by atoms with Crippen LogP contribution < -0.4 is 10.7 Å². The summed E-state index contributed by atoms with van der Waals surface area (Å²) in [5, 5.41) is 45.8. The molecule has 0 aliphatic rings. The number of nitrogens with one attached hydrogen (secondary N) is 2. The minimum absolute atomic E-state index is 0.00446. The van der Waals surface area contributed by atoms with Crippen LogP contribution in [0, 0.1) is 10.1 Å². The van der Waals surface area contributed by atoms with Crippen LogP contribution >= 0.6 is 0 Å². The number of carbonyl (C=O) groups is 2. The van der Waals surface area contributed by atoms with Crippen LogP contribution in [0.4, 0.5) is 5.69 Å². The molecule has 3 rings (SSSR count). The van der Waals surface area contributed by atoms with Gasteiger partial charge in [-0.2, -0.15) is 5.10 Å². The lowest BCUT2D eigenvalue weighted by molar-refractivity contribution is -0.384. The van der Waals surface area contributed by atoms with Crippen LogP contribution in [0.2, 0.25) is 0 Å². The van der Waals surface area contributed by atoms with Gasteiger partial charge >= 0.3 is 0 Å². The molecule has 0 bridgehead atoms. The number of benzene rings is 3. The molecule has 0 spiro atoms. The Balaban J connectivity index is 1.84. The molecule has 0 saturated carbocycles. The highest BCUT2D eigenvalue weighted by Gasteiger charge is 2.15. The smallest absolute Gasteiger partial charge is 0.287 e. The molecular formula is C23H18N4O7. The number of nitro benzene ring substituents is 1. The fraction of sp³-hybridized carbons (Fsp3) is 0. The summed E-state index contributed by atoms with van der Waals surface area (Å²) in [6.07, 6.45) is 2.33. The first-order valence-electron chi connectivity index (χ1n) is 9.66. The highest BCUT2D eigenvalue weighted by Crippen LogP contribution is 2.36. The Morgan fingerprint density at radius 2 is 1.59 bits per heavy atom. The summed E-state index contributed by atoms with van der Waals surface area (Å²) in [5.74, 6) is -3.33. The van der Waals surface area contributed by atoms with Crippen molar-refractivity contribution >= 4 is 29.8 Å². The number of phenols is 3. The van der Waals surface area contributed by atoms with Gasteiger partial charge in [0.1, 0.15) is 5.70 Å². The zero-order valence-electron chi connectivity index (χ0n) is 17.4. The van der Waals surface area contributed by atoms with E-state index in [1.165, 1.54) is 36.4 Å². The van der Waals surface area contributed by atoms with Gasteiger partial charge in [-0.1, -0.05) is 18.2 Å². The second-order valence-corrected chi connectivity index (χ2v) is 6.80. The molecule has 0 fully saturated rings. The lowest BCUT2D eigenvalue weighted by atomic mass is 10.1. The van der Waals surface area contributed by atoms with E-state index in [4.69, 9.17) is 0 Å². The third kappa shape index (κ3) is 5.73. The van der Waals surface area contributed by atoms with Crippen LogP contribution in [-0.4, -0.2) is 38.3 Å². The summed E-state index contributed by atoms with van der Waals surface area (Å²) in [6, 6.07) is 15.8. The molecule has 0 aliphatic heterocycles. The number of hydrogen-bond donors (Lipinski definition) is 5. The second-order valence-electron chi connectivity index (χ2n) is 6.80. The third-order valence-electron chi connectivity index (χ3n) is 4.47. The van der Waals surface area contributed by atoms with E-state index in [0.29, 0.717) is 5.56 Å². The molecule has 3 aromatic carbocycles. The number of nitro groups is 1. The zero-order valence-corrected chi connectivity index (χ0v) is 17.4. The predicted octanol–water partition coefficient (Wildman–Crippen LogP) is 2.63. The maximum absolute atomic E-state index is 12.7. The van der Waals surface area contributed by atoms with Crippen LogP contribution in [0.25, 0.3) is 6.08 Å². The van der Waals surface area contributed by atoms with E-state index >= 15 is 0 Å². The van der Waals surface area contributed by atoms with Crippen LogP contribution in [0.5, 0.6) is 17.2 Å². The van der Waals surface area contributed by atoms with Gasteiger partial charge in [0.25, 0.3) is 17.5 Å². The van der Waals surface area contributed by atoms with Crippen molar-refractivity contribution < 1.29 is 29.8 Å². The van der Waals surface area contributed by atoms with E-state index in [-0.39, 0.29) is 22.5 Å². The highest BCUT2D eigenvalue weighted by molar-refractivity contribution is 6.05. The summed E-state index contributed by atoms with van der Waals surface area (Å²) in [7, 11) is 0. The highest BCUT2D eigenvalue weighted by atomic mass is 16.6. The Labute approximate surface area is 192 Å². The van der Waals surface area contributed by atoms with Gasteiger partial charge in [-0.3, -0.25) is 19.7 Å². The number of hydrazone groups is 1. The number of non-ortho nitro benzene ring substituents is 1. The number of hydrogen-bond acceptors (Lipinski definition) is 8. The lowest BCUT2D eigenvalue weighted by Crippen LogP contribution is -2.32. The first-order chi connectivity index (χ1) is 16.3. The maximum atomic E-state index is 12.7. The first kappa shape index (κ1) is 23.5. The summed E-state index contributed by atoms with van der Waals surface area (Å²) >= 11 is 0. The quantitative estimate of drug-likeness (QED) is 0.118. The molecule has 0 saturated heterocycles. The van der Waals surface area contributed by atoms with Crippen molar-refractivity contribution in [2.45, 2.75) is 0 Å². The number of amides is 2. The fourth-order valence-electron chi connectivity index (χ4n) is 2.71. The van der Waals surface area contributed by atoms with E-state index < -0.39 is 34.0 Å². The van der Waals surface area contributed by atoms with Crippen molar-refractivity contribution in [2.24, 2.45) is 5.10 Å². The Kier molecular flexibility index (Phi) is 7.19. The van der Waals surface area contributed by atoms with Gasteiger partial charge in [-0.25, -0.2) is 5.43 Å². The van der Waals surface area contributed by atoms with Gasteiger partial charge in [-0.15, -0.1) is 0 Å². The lowest BCUT2D eigenvalue weighted by Gasteiger charge is -2.09. The summed E-state index contributed by atoms with van der Waals surface area (Å²) in [4.78, 5) is 35.6. The van der Waals surface area contributed by atoms with Crippen LogP contribution in [0.15, 0.2) is 77.5 Å². The summed E-state index contributed by atoms with van der Waals surface area (Å²) in [6.45, 7) is 0. The standard InChI is InChI=1S/C23H18N4O7/c28-19-11-8-16(20(29)21(19)30)13-24-26-23(32)18(25-22(31)15-4-2-1-3-5-15)12-14-6-9-17(10-7-14)27(33)34/h1-13,28-30H,(H,25,31)(H,26,32)/b18-12?,24-13+. The molecular weight excluding hydrogens is 444 g/mol. The average Bonchev–Trinajstić information content (AvgIpc) is 2.84. The van der Waals surface area contributed by atoms with E-state index in [2.05, 4.69) is 15.8 Å². The average molecular weight is 462 g/mol. The molecule has 5 N–H and O–H groups in total. The zero-order chi connectivity index (χ0) is 24.7. The van der Waals surface area contributed by atoms with Crippen molar-refractivity contribution in [2.75, 3.05) is 0 Å². The van der Waals surface area contributed by atoms with Crippen molar-refractivity contribution in [3.8, 4) is 17.2 Å². The van der Waals surface area contributed by atoms with E-state index in [1.807, 2.05) is 0 Å². The van der Waals surface area contributed by atoms with E-state index in [1.54, 1.807) is 30.3 Å². The van der Waals surface area contributed by atoms with E-state index in [0.717, 1.165) is 12.3 Å². The fourth-order valence-corrected chi connectivity index (χ4v) is 2.71. The number of carbonyl (C=O) groups excluding carboxylic acids is 2. The van der Waals surface area contributed by atoms with Crippen LogP contribution in [-0.2, 0) is 4.79 Å². The maximum Gasteiger partial charge on any atom is 0.287 e. The van der Waals surface area contributed by atoms with Gasteiger partial charge in [0, 0.05) is 23.3 Å². The number of phenolic OH excluding ortho intramolecular Hbond substituents is 3.